The Labute approximate surface area is 103 Å². The van der Waals surface area contributed by atoms with Crippen molar-refractivity contribution in [3.63, 3.8) is 0 Å². The van der Waals surface area contributed by atoms with Gasteiger partial charge in [0.1, 0.15) is 5.60 Å². The van der Waals surface area contributed by atoms with Crippen LogP contribution in [0, 0.1) is 22.7 Å². The van der Waals surface area contributed by atoms with Crippen molar-refractivity contribution in [3.8, 4) is 6.07 Å². The van der Waals surface area contributed by atoms with E-state index in [1.165, 1.54) is 0 Å². The van der Waals surface area contributed by atoms with Crippen LogP contribution in [0.3, 0.4) is 0 Å². The van der Waals surface area contributed by atoms with Gasteiger partial charge in [0.2, 0.25) is 0 Å². The first kappa shape index (κ1) is 12.2. The van der Waals surface area contributed by atoms with Crippen molar-refractivity contribution < 1.29 is 9.53 Å². The van der Waals surface area contributed by atoms with Crippen molar-refractivity contribution in [2.75, 3.05) is 13.1 Å². The van der Waals surface area contributed by atoms with Crippen molar-refractivity contribution in [1.82, 2.24) is 4.90 Å². The maximum atomic E-state index is 11.7. The van der Waals surface area contributed by atoms with Crippen LogP contribution in [0.25, 0.3) is 0 Å². The summed E-state index contributed by atoms with van der Waals surface area (Å²) in [5, 5.41) is 8.60. The first-order chi connectivity index (χ1) is 7.84. The Kier molecular flexibility index (Phi) is 2.81. The first-order valence-electron chi connectivity index (χ1n) is 6.18. The molecule has 0 N–H and O–H groups in total. The molecule has 1 amide bonds. The Morgan fingerprint density at radius 1 is 1.47 bits per heavy atom. The van der Waals surface area contributed by atoms with Gasteiger partial charge in [-0.2, -0.15) is 5.26 Å². The Balaban J connectivity index is 1.74. The van der Waals surface area contributed by atoms with Gasteiger partial charge in [-0.3, -0.25) is 0 Å². The average molecular weight is 236 g/mol. The van der Waals surface area contributed by atoms with E-state index in [0.29, 0.717) is 17.8 Å². The summed E-state index contributed by atoms with van der Waals surface area (Å²) in [4.78, 5) is 13.5. The molecule has 0 atom stereocenters. The van der Waals surface area contributed by atoms with E-state index in [-0.39, 0.29) is 6.09 Å². The van der Waals surface area contributed by atoms with Crippen LogP contribution >= 0.6 is 0 Å². The summed E-state index contributed by atoms with van der Waals surface area (Å²) in [7, 11) is 0. The van der Waals surface area contributed by atoms with Crippen LogP contribution in [0.4, 0.5) is 4.79 Å². The molecule has 1 aliphatic carbocycles. The summed E-state index contributed by atoms with van der Waals surface area (Å²) in [5.41, 5.74) is -0.0960. The lowest BCUT2D eigenvalue weighted by molar-refractivity contribution is -0.0938. The average Bonchev–Trinajstić information content (AvgIpc) is 2.03. The van der Waals surface area contributed by atoms with Gasteiger partial charge in [0.05, 0.1) is 6.07 Å². The molecule has 0 aromatic carbocycles. The second kappa shape index (κ2) is 3.90. The van der Waals surface area contributed by atoms with Crippen LogP contribution < -0.4 is 0 Å². The van der Waals surface area contributed by atoms with Gasteiger partial charge in [-0.15, -0.1) is 0 Å². The number of carbonyl (C=O) groups is 1. The lowest BCUT2D eigenvalue weighted by atomic mass is 9.57. The molecule has 0 unspecified atom stereocenters. The molecule has 2 aliphatic rings. The molecule has 1 spiro atoms. The minimum absolute atomic E-state index is 0.202. The maximum Gasteiger partial charge on any atom is 0.410 e. The van der Waals surface area contributed by atoms with Gasteiger partial charge in [-0.1, -0.05) is 0 Å². The van der Waals surface area contributed by atoms with Crippen molar-refractivity contribution in [2.45, 2.75) is 45.6 Å². The Morgan fingerprint density at radius 3 is 2.53 bits per heavy atom. The van der Waals surface area contributed by atoms with Crippen LogP contribution in [0.15, 0.2) is 0 Å². The number of hydrogen-bond donors (Lipinski definition) is 0. The van der Waals surface area contributed by atoms with E-state index >= 15 is 0 Å². The molecule has 1 aliphatic heterocycles. The normalized spacial score (nSPS) is 22.6. The van der Waals surface area contributed by atoms with Crippen molar-refractivity contribution in [2.24, 2.45) is 11.3 Å². The monoisotopic (exact) mass is 236 g/mol. The molecule has 17 heavy (non-hydrogen) atoms. The molecule has 0 bridgehead atoms. The summed E-state index contributed by atoms with van der Waals surface area (Å²) in [6.07, 6.45) is 2.65. The number of hydrogen-bond acceptors (Lipinski definition) is 3. The summed E-state index contributed by atoms with van der Waals surface area (Å²) in [5.74, 6) is 0.556. The number of rotatable bonds is 1. The third-order valence-corrected chi connectivity index (χ3v) is 3.53. The molecule has 2 fully saturated rings. The predicted octanol–water partition coefficient (Wildman–Crippen LogP) is 2.55. The molecule has 0 aromatic heterocycles. The second-order valence-corrected chi connectivity index (χ2v) is 6.47. The first-order valence-corrected chi connectivity index (χ1v) is 6.18. The SMILES string of the molecule is CC(C)(C)OC(=O)N1CC2(CC(CC#N)C2)C1. The molecular formula is C13H20N2O2. The highest BCUT2D eigenvalue weighted by Gasteiger charge is 2.54. The molecule has 4 nitrogen and oxygen atoms in total. The summed E-state index contributed by atoms with van der Waals surface area (Å²) < 4.78 is 5.31. The van der Waals surface area contributed by atoms with Crippen molar-refractivity contribution in [3.05, 3.63) is 0 Å². The van der Waals surface area contributed by atoms with E-state index in [4.69, 9.17) is 10.00 Å². The maximum absolute atomic E-state index is 11.7. The summed E-state index contributed by atoms with van der Waals surface area (Å²) in [6.45, 7) is 7.26. The summed E-state index contributed by atoms with van der Waals surface area (Å²) >= 11 is 0. The molecule has 94 valence electrons. The van der Waals surface area contributed by atoms with Gasteiger partial charge in [0.25, 0.3) is 0 Å². The molecule has 0 aromatic rings. The number of nitriles is 1. The zero-order valence-corrected chi connectivity index (χ0v) is 10.8. The quantitative estimate of drug-likeness (QED) is 0.703. The van der Waals surface area contributed by atoms with Gasteiger partial charge in [-0.25, -0.2) is 4.79 Å². The number of amides is 1. The van der Waals surface area contributed by atoms with Gasteiger partial charge in [-0.05, 0) is 39.5 Å². The fourth-order valence-electron chi connectivity index (χ4n) is 2.92. The van der Waals surface area contributed by atoms with Crippen LogP contribution in [0.5, 0.6) is 0 Å². The topological polar surface area (TPSA) is 53.3 Å². The van der Waals surface area contributed by atoms with Crippen molar-refractivity contribution in [1.29, 1.82) is 5.26 Å². The van der Waals surface area contributed by atoms with E-state index in [1.54, 1.807) is 4.90 Å². The van der Waals surface area contributed by atoms with E-state index in [1.807, 2.05) is 20.8 Å². The van der Waals surface area contributed by atoms with E-state index in [0.717, 1.165) is 25.9 Å². The number of ether oxygens (including phenoxy) is 1. The highest BCUT2D eigenvalue weighted by atomic mass is 16.6. The minimum Gasteiger partial charge on any atom is -0.444 e. The number of nitrogens with zero attached hydrogens (tertiary/aromatic N) is 2. The van der Waals surface area contributed by atoms with Crippen LogP contribution in [-0.2, 0) is 4.74 Å². The van der Waals surface area contributed by atoms with E-state index < -0.39 is 5.60 Å². The van der Waals surface area contributed by atoms with Gasteiger partial charge >= 0.3 is 6.09 Å². The number of carbonyl (C=O) groups excluding carboxylic acids is 1. The Bertz CT molecular complexity index is 351. The molecular weight excluding hydrogens is 216 g/mol. The highest BCUT2D eigenvalue weighted by molar-refractivity contribution is 5.69. The third-order valence-electron chi connectivity index (χ3n) is 3.53. The largest absolute Gasteiger partial charge is 0.444 e. The highest BCUT2D eigenvalue weighted by Crippen LogP contribution is 2.53. The van der Waals surface area contributed by atoms with Crippen LogP contribution in [-0.4, -0.2) is 29.7 Å². The Morgan fingerprint density at radius 2 is 2.06 bits per heavy atom. The second-order valence-electron chi connectivity index (χ2n) is 6.47. The molecule has 2 rings (SSSR count). The van der Waals surface area contributed by atoms with E-state index in [9.17, 15) is 4.79 Å². The van der Waals surface area contributed by atoms with Gasteiger partial charge < -0.3 is 9.64 Å². The lowest BCUT2D eigenvalue weighted by Crippen LogP contribution is -2.64. The minimum atomic E-state index is -0.414. The van der Waals surface area contributed by atoms with Gasteiger partial charge in [0.15, 0.2) is 0 Å². The smallest absolute Gasteiger partial charge is 0.410 e. The fourth-order valence-corrected chi connectivity index (χ4v) is 2.92. The molecule has 1 heterocycles. The summed E-state index contributed by atoms with van der Waals surface area (Å²) in [6, 6.07) is 2.22. The zero-order valence-electron chi connectivity index (χ0n) is 10.8. The molecule has 1 saturated heterocycles. The van der Waals surface area contributed by atoms with Crippen LogP contribution in [0.1, 0.15) is 40.0 Å². The van der Waals surface area contributed by atoms with Crippen LogP contribution in [0.2, 0.25) is 0 Å². The van der Waals surface area contributed by atoms with E-state index in [2.05, 4.69) is 6.07 Å². The Hall–Kier alpha value is -1.24. The standard InChI is InChI=1S/C13H20N2O2/c1-12(2,3)17-11(16)15-8-13(9-15)6-10(7-13)4-5-14/h10H,4,6-9H2,1-3H3. The fraction of sp³-hybridized carbons (Fsp3) is 0.846. The third kappa shape index (κ3) is 2.54. The molecule has 0 radical (unpaired) electrons. The number of likely N-dealkylation sites (tertiary alicyclic amines) is 1. The van der Waals surface area contributed by atoms with Crippen molar-refractivity contribution >= 4 is 6.09 Å². The van der Waals surface area contributed by atoms with Gasteiger partial charge in [0, 0.05) is 24.9 Å². The molecule has 4 heteroatoms. The lowest BCUT2D eigenvalue weighted by Gasteiger charge is -2.58. The molecule has 1 saturated carbocycles. The predicted molar refractivity (Wildman–Crippen MR) is 63.2 cm³/mol. The zero-order chi connectivity index (χ0) is 12.7.